The van der Waals surface area contributed by atoms with E-state index in [9.17, 15) is 41.0 Å². The van der Waals surface area contributed by atoms with Crippen LogP contribution in [0.15, 0.2) is 60.9 Å². The first-order valence-electron chi connectivity index (χ1n) is 18.6. The Kier molecular flexibility index (Phi) is 18.1. The van der Waals surface area contributed by atoms with E-state index >= 15 is 0 Å². The standard InChI is InChI=1S/C20H19Cl2F3N2O3.C14H8Cl2F3NO3.C6H13NO/c21-14-6-5-11(8-15(14)22)13-7-12(9-26-19(13)30-10-20(23,24)25)18(29)27-16-3-1-2-4-17(16)28;15-10-2-1-7(4-11(10)16)9-3-8(13(21)22)5-20-12(9)23-6-14(17,18)19;7-5-3-1-2-4-6(5)8/h5-9,16-17,28H,1-4,10H2,(H,27,29);1-5H,6H2,(H,21,22);5-6,8H,1-4,7H2/t16-,17-;;5-,6-/m1.1/s1. The summed E-state index contributed by atoms with van der Waals surface area (Å²) in [6.45, 7) is -3.09. The molecular weight excluding hydrogens is 904 g/mol. The molecule has 0 bridgehead atoms. The number of nitrogens with two attached hydrogens (primary N) is 1. The number of aliphatic hydroxyl groups is 2. The van der Waals surface area contributed by atoms with Gasteiger partial charge < -0.3 is 35.8 Å². The van der Waals surface area contributed by atoms with E-state index in [0.717, 1.165) is 50.6 Å². The molecule has 4 atom stereocenters. The number of aromatic carboxylic acids is 1. The Labute approximate surface area is 366 Å². The molecule has 0 saturated heterocycles. The van der Waals surface area contributed by atoms with Gasteiger partial charge in [0.15, 0.2) is 13.2 Å². The summed E-state index contributed by atoms with van der Waals surface area (Å²) in [4.78, 5) is 31.3. The van der Waals surface area contributed by atoms with Crippen LogP contribution in [0, 0.1) is 0 Å². The van der Waals surface area contributed by atoms with E-state index in [0.29, 0.717) is 24.0 Å². The number of carbonyl (C=O) groups is 2. The average Bonchev–Trinajstić information content (AvgIpc) is 3.20. The molecule has 4 aromatic rings. The van der Waals surface area contributed by atoms with Gasteiger partial charge in [-0.25, -0.2) is 14.8 Å². The molecule has 6 rings (SSSR count). The van der Waals surface area contributed by atoms with Crippen LogP contribution in [0.5, 0.6) is 11.8 Å². The van der Waals surface area contributed by atoms with Crippen molar-refractivity contribution in [3.63, 3.8) is 0 Å². The zero-order valence-corrected chi connectivity index (χ0v) is 34.9. The third-order valence-corrected chi connectivity index (χ3v) is 10.7. The fourth-order valence-electron chi connectivity index (χ4n) is 6.09. The Morgan fingerprint density at radius 2 is 1.11 bits per heavy atom. The zero-order valence-electron chi connectivity index (χ0n) is 31.9. The van der Waals surface area contributed by atoms with E-state index < -0.39 is 43.5 Å². The van der Waals surface area contributed by atoms with E-state index in [4.69, 9.17) is 67.1 Å². The van der Waals surface area contributed by atoms with Crippen molar-refractivity contribution < 1.29 is 60.7 Å². The van der Waals surface area contributed by atoms with Crippen LogP contribution in [0.2, 0.25) is 20.1 Å². The van der Waals surface area contributed by atoms with Crippen molar-refractivity contribution in [3.05, 3.63) is 92.1 Å². The highest BCUT2D eigenvalue weighted by molar-refractivity contribution is 6.42. The van der Waals surface area contributed by atoms with Crippen LogP contribution in [0.4, 0.5) is 26.3 Å². The van der Waals surface area contributed by atoms with E-state index in [2.05, 4.69) is 20.0 Å². The summed E-state index contributed by atoms with van der Waals surface area (Å²) in [6.07, 6.45) is -0.647. The molecule has 0 unspecified atom stereocenters. The number of nitrogens with one attached hydrogen (secondary N) is 1. The Balaban J connectivity index is 0.000000232. The monoisotopic (exact) mass is 942 g/mol. The molecule has 6 N–H and O–H groups in total. The third kappa shape index (κ3) is 15.6. The highest BCUT2D eigenvalue weighted by atomic mass is 35.5. The molecule has 21 heteroatoms. The highest BCUT2D eigenvalue weighted by Gasteiger charge is 2.31. The molecule has 0 spiro atoms. The third-order valence-electron chi connectivity index (χ3n) is 9.25. The minimum absolute atomic E-state index is 0.0590. The number of nitrogens with zero attached hydrogens (tertiary/aromatic N) is 2. The van der Waals surface area contributed by atoms with E-state index in [-0.39, 0.29) is 72.3 Å². The number of halogens is 10. The van der Waals surface area contributed by atoms with E-state index in [1.807, 2.05) is 0 Å². The largest absolute Gasteiger partial charge is 0.478 e. The quantitative estimate of drug-likeness (QED) is 0.102. The summed E-state index contributed by atoms with van der Waals surface area (Å²) in [5, 5.41) is 31.7. The van der Waals surface area contributed by atoms with Crippen molar-refractivity contribution in [2.75, 3.05) is 13.2 Å². The molecule has 2 heterocycles. The van der Waals surface area contributed by atoms with Crippen LogP contribution in [0.1, 0.15) is 72.1 Å². The number of carboxylic acid groups (broad SMARTS) is 1. The summed E-state index contributed by atoms with van der Waals surface area (Å²) >= 11 is 23.6. The Hall–Kier alpha value is -4.10. The van der Waals surface area contributed by atoms with Crippen molar-refractivity contribution in [3.8, 4) is 34.0 Å². The molecule has 2 aromatic heterocycles. The van der Waals surface area contributed by atoms with Crippen LogP contribution >= 0.6 is 46.4 Å². The molecule has 61 heavy (non-hydrogen) atoms. The van der Waals surface area contributed by atoms with Crippen molar-refractivity contribution in [1.29, 1.82) is 0 Å². The summed E-state index contributed by atoms with van der Waals surface area (Å²) in [6, 6.07) is 11.0. The molecule has 2 saturated carbocycles. The van der Waals surface area contributed by atoms with Crippen molar-refractivity contribution >= 4 is 58.3 Å². The summed E-state index contributed by atoms with van der Waals surface area (Å²) in [5.41, 5.74) is 6.38. The number of hydrogen-bond acceptors (Lipinski definition) is 9. The molecule has 1 amide bonds. The first-order chi connectivity index (χ1) is 28.6. The zero-order chi connectivity index (χ0) is 45.1. The average molecular weight is 945 g/mol. The summed E-state index contributed by atoms with van der Waals surface area (Å²) < 4.78 is 84.3. The molecule has 0 aliphatic heterocycles. The predicted molar refractivity (Wildman–Crippen MR) is 218 cm³/mol. The van der Waals surface area contributed by atoms with Gasteiger partial charge in [0, 0.05) is 29.6 Å². The minimum atomic E-state index is -4.55. The number of carboxylic acids is 1. The maximum atomic E-state index is 12.7. The van der Waals surface area contributed by atoms with Gasteiger partial charge in [-0.1, -0.05) is 84.2 Å². The van der Waals surface area contributed by atoms with Crippen LogP contribution in [0.25, 0.3) is 22.3 Å². The number of benzene rings is 2. The van der Waals surface area contributed by atoms with Gasteiger partial charge in [0.05, 0.1) is 49.5 Å². The van der Waals surface area contributed by atoms with Gasteiger partial charge in [-0.3, -0.25) is 4.79 Å². The second-order valence-electron chi connectivity index (χ2n) is 14.0. The Morgan fingerprint density at radius 1 is 0.672 bits per heavy atom. The molecule has 0 radical (unpaired) electrons. The van der Waals surface area contributed by atoms with Crippen LogP contribution in [0.3, 0.4) is 0 Å². The maximum Gasteiger partial charge on any atom is 0.422 e. The topological polar surface area (TPSA) is 177 Å². The van der Waals surface area contributed by atoms with Gasteiger partial charge in [-0.05, 0) is 73.2 Å². The normalized spacial score (nSPS) is 19.0. The number of aromatic nitrogens is 2. The predicted octanol–water partition coefficient (Wildman–Crippen LogP) is 9.97. The van der Waals surface area contributed by atoms with Gasteiger partial charge in [-0.2, -0.15) is 26.3 Å². The molecule has 2 aromatic carbocycles. The highest BCUT2D eigenvalue weighted by Crippen LogP contribution is 2.36. The number of aliphatic hydroxyl groups excluding tert-OH is 2. The molecule has 332 valence electrons. The Bertz CT molecular complexity index is 2120. The lowest BCUT2D eigenvalue weighted by atomic mass is 9.92. The second-order valence-corrected chi connectivity index (χ2v) is 15.6. The van der Waals surface area contributed by atoms with Crippen molar-refractivity contribution in [1.82, 2.24) is 15.3 Å². The number of alkyl halides is 6. The van der Waals surface area contributed by atoms with Gasteiger partial charge in [0.2, 0.25) is 11.8 Å². The number of hydrogen-bond donors (Lipinski definition) is 5. The lowest BCUT2D eigenvalue weighted by Gasteiger charge is -2.28. The Morgan fingerprint density at radius 3 is 1.52 bits per heavy atom. The lowest BCUT2D eigenvalue weighted by molar-refractivity contribution is -0.154. The fraction of sp³-hybridized carbons (Fsp3) is 0.400. The summed E-state index contributed by atoms with van der Waals surface area (Å²) in [7, 11) is 0. The van der Waals surface area contributed by atoms with Crippen LogP contribution in [-0.2, 0) is 0 Å². The van der Waals surface area contributed by atoms with Crippen LogP contribution in [-0.4, -0.2) is 87.0 Å². The van der Waals surface area contributed by atoms with Crippen molar-refractivity contribution in [2.45, 2.75) is 88.0 Å². The molecule has 11 nitrogen and oxygen atoms in total. The number of pyridine rings is 2. The van der Waals surface area contributed by atoms with Crippen molar-refractivity contribution in [2.24, 2.45) is 5.73 Å². The molecular formula is C40H40Cl4F6N4O7. The second kappa shape index (κ2) is 22.3. The minimum Gasteiger partial charge on any atom is -0.478 e. The van der Waals surface area contributed by atoms with Gasteiger partial charge in [-0.15, -0.1) is 0 Å². The van der Waals surface area contributed by atoms with E-state index in [1.165, 1.54) is 48.9 Å². The number of amides is 1. The fourth-order valence-corrected chi connectivity index (χ4v) is 6.68. The number of ether oxygens (including phenoxy) is 2. The first kappa shape index (κ1) is 49.6. The van der Waals surface area contributed by atoms with Gasteiger partial charge >= 0.3 is 18.3 Å². The molecule has 2 fully saturated rings. The summed E-state index contributed by atoms with van der Waals surface area (Å²) in [5.74, 6) is -2.41. The molecule has 2 aliphatic carbocycles. The van der Waals surface area contributed by atoms with Gasteiger partial charge in [0.1, 0.15) is 0 Å². The number of carbonyl (C=O) groups excluding carboxylic acids is 1. The smallest absolute Gasteiger partial charge is 0.422 e. The lowest BCUT2D eigenvalue weighted by Crippen LogP contribution is -2.45. The molecule has 2 aliphatic rings. The van der Waals surface area contributed by atoms with E-state index in [1.54, 1.807) is 0 Å². The SMILES string of the molecule is N[C@@H]1CCCC[C@H]1O.O=C(N[C@@H]1CCCC[C@H]1O)c1cnc(OCC(F)(F)F)c(-c2ccc(Cl)c(Cl)c2)c1.O=C(O)c1cnc(OCC(F)(F)F)c(-c2ccc(Cl)c(Cl)c2)c1. The first-order valence-corrected chi connectivity index (χ1v) is 20.1. The maximum absolute atomic E-state index is 12.7. The van der Waals surface area contributed by atoms with Gasteiger partial charge in [0.25, 0.3) is 5.91 Å². The van der Waals surface area contributed by atoms with Crippen LogP contribution < -0.4 is 20.5 Å². The number of rotatable bonds is 9.